The maximum atomic E-state index is 5.16. The van der Waals surface area contributed by atoms with Gasteiger partial charge in [0.2, 0.25) is 0 Å². The summed E-state index contributed by atoms with van der Waals surface area (Å²) in [4.78, 5) is 10.1. The molecule has 252 valence electrons. The van der Waals surface area contributed by atoms with Crippen LogP contribution in [0.25, 0.3) is 0 Å². The Bertz CT molecular complexity index is 1030. The van der Waals surface area contributed by atoms with Crippen molar-refractivity contribution in [2.75, 3.05) is 0 Å². The predicted octanol–water partition coefficient (Wildman–Crippen LogP) is 14.2. The van der Waals surface area contributed by atoms with Gasteiger partial charge in [-0.1, -0.05) is 162 Å². The molecule has 0 radical (unpaired) electrons. The zero-order valence-corrected chi connectivity index (χ0v) is 30.4. The highest BCUT2D eigenvalue weighted by molar-refractivity contribution is 6.31. The maximum absolute atomic E-state index is 5.16. The van der Waals surface area contributed by atoms with Crippen LogP contribution in [0.4, 0.5) is 11.4 Å². The van der Waals surface area contributed by atoms with E-state index < -0.39 is 0 Å². The number of hydrogen-bond acceptors (Lipinski definition) is 2. The Labute approximate surface area is 280 Å². The standard InChI is InChI=1S/C43H70N2/c1-6-11-12-13-14-15-16-17-18-19-20-21-22-23-24-25-26-27-28-29-41(45-43-34-39(9-4)31-40(10-5)35-43)36-44-42-32-37(7-2)30-38(8-3)33-42/h30-36H,6-29H2,1-5H3. The highest BCUT2D eigenvalue weighted by Gasteiger charge is 2.04. The van der Waals surface area contributed by atoms with E-state index in [1.807, 2.05) is 6.21 Å². The van der Waals surface area contributed by atoms with E-state index in [0.29, 0.717) is 0 Å². The maximum Gasteiger partial charge on any atom is 0.0639 e. The topological polar surface area (TPSA) is 24.7 Å². The molecule has 0 heterocycles. The van der Waals surface area contributed by atoms with Gasteiger partial charge in [-0.25, -0.2) is 0 Å². The van der Waals surface area contributed by atoms with Crippen LogP contribution < -0.4 is 0 Å². The summed E-state index contributed by atoms with van der Waals surface area (Å²) in [5, 5.41) is 0. The van der Waals surface area contributed by atoms with Crippen LogP contribution in [0.3, 0.4) is 0 Å². The lowest BCUT2D eigenvalue weighted by Gasteiger charge is -2.08. The van der Waals surface area contributed by atoms with Gasteiger partial charge in [0.1, 0.15) is 0 Å². The smallest absolute Gasteiger partial charge is 0.0639 e. The Hall–Kier alpha value is -2.22. The molecule has 0 aromatic heterocycles. The molecular weight excluding hydrogens is 544 g/mol. The molecule has 0 N–H and O–H groups in total. The second kappa shape index (κ2) is 25.9. The van der Waals surface area contributed by atoms with Crippen molar-refractivity contribution in [1.82, 2.24) is 0 Å². The highest BCUT2D eigenvalue weighted by atomic mass is 14.8. The molecule has 0 aliphatic heterocycles. The highest BCUT2D eigenvalue weighted by Crippen LogP contribution is 2.22. The predicted molar refractivity (Wildman–Crippen MR) is 204 cm³/mol. The van der Waals surface area contributed by atoms with Crippen molar-refractivity contribution in [2.45, 2.75) is 189 Å². The summed E-state index contributed by atoms with van der Waals surface area (Å²) in [5.74, 6) is 0. The Balaban J connectivity index is 1.72. The molecule has 0 fully saturated rings. The zero-order valence-electron chi connectivity index (χ0n) is 30.4. The SMILES string of the molecule is CCCCCCCCCCCCCCCCCCCCCC(C=Nc1cc(CC)cc(CC)c1)=Nc1cc(CC)cc(CC)c1. The molecule has 0 saturated carbocycles. The molecule has 0 aliphatic carbocycles. The molecule has 0 saturated heterocycles. The van der Waals surface area contributed by atoms with Crippen LogP contribution in [-0.2, 0) is 25.7 Å². The summed E-state index contributed by atoms with van der Waals surface area (Å²) in [7, 11) is 0. The van der Waals surface area contributed by atoms with Gasteiger partial charge in [0.25, 0.3) is 0 Å². The minimum Gasteiger partial charge on any atom is -0.255 e. The minimum absolute atomic E-state index is 0.994. The zero-order chi connectivity index (χ0) is 32.4. The molecule has 0 atom stereocenters. The molecule has 2 aromatic rings. The van der Waals surface area contributed by atoms with E-state index in [1.165, 1.54) is 144 Å². The van der Waals surface area contributed by atoms with E-state index in [9.17, 15) is 0 Å². The minimum atomic E-state index is 0.994. The third-order valence-corrected chi connectivity index (χ3v) is 9.38. The van der Waals surface area contributed by atoms with Crippen LogP contribution in [0.5, 0.6) is 0 Å². The molecule has 2 nitrogen and oxygen atoms in total. The monoisotopic (exact) mass is 615 g/mol. The third-order valence-electron chi connectivity index (χ3n) is 9.38. The van der Waals surface area contributed by atoms with Gasteiger partial charge in [0.15, 0.2) is 0 Å². The van der Waals surface area contributed by atoms with Crippen molar-refractivity contribution in [3.63, 3.8) is 0 Å². The van der Waals surface area contributed by atoms with Gasteiger partial charge in [-0.05, 0) is 85.0 Å². The molecule has 0 aliphatic rings. The van der Waals surface area contributed by atoms with Crippen LogP contribution in [0, 0.1) is 0 Å². The van der Waals surface area contributed by atoms with Crippen LogP contribution >= 0.6 is 0 Å². The Morgan fingerprint density at radius 1 is 0.422 bits per heavy atom. The van der Waals surface area contributed by atoms with Crippen molar-refractivity contribution in [2.24, 2.45) is 9.98 Å². The quantitative estimate of drug-likeness (QED) is 0.0706. The fraction of sp³-hybridized carbons (Fsp3) is 0.674. The second-order valence-electron chi connectivity index (χ2n) is 13.4. The third kappa shape index (κ3) is 18.5. The number of hydrogen-bond donors (Lipinski definition) is 0. The van der Waals surface area contributed by atoms with Crippen molar-refractivity contribution >= 4 is 23.3 Å². The van der Waals surface area contributed by atoms with Gasteiger partial charge in [-0.2, -0.15) is 0 Å². The van der Waals surface area contributed by atoms with E-state index >= 15 is 0 Å². The summed E-state index contributed by atoms with van der Waals surface area (Å²) in [5.41, 5.74) is 8.72. The molecule has 0 bridgehead atoms. The molecule has 0 unspecified atom stereocenters. The van der Waals surface area contributed by atoms with Gasteiger partial charge in [-0.15, -0.1) is 0 Å². The van der Waals surface area contributed by atoms with Crippen LogP contribution in [-0.4, -0.2) is 11.9 Å². The number of benzene rings is 2. The van der Waals surface area contributed by atoms with Crippen molar-refractivity contribution in [1.29, 1.82) is 0 Å². The van der Waals surface area contributed by atoms with Gasteiger partial charge < -0.3 is 0 Å². The van der Waals surface area contributed by atoms with E-state index in [4.69, 9.17) is 9.98 Å². The molecule has 0 spiro atoms. The van der Waals surface area contributed by atoms with E-state index in [2.05, 4.69) is 71.0 Å². The first-order valence-corrected chi connectivity index (χ1v) is 19.5. The van der Waals surface area contributed by atoms with E-state index in [1.54, 1.807) is 0 Å². The molecule has 2 heteroatoms. The molecule has 45 heavy (non-hydrogen) atoms. The first kappa shape index (κ1) is 39.0. The Morgan fingerprint density at radius 2 is 0.756 bits per heavy atom. The largest absolute Gasteiger partial charge is 0.255 e. The molecular formula is C43H70N2. The first-order valence-electron chi connectivity index (χ1n) is 19.5. The van der Waals surface area contributed by atoms with Gasteiger partial charge in [0.05, 0.1) is 17.1 Å². The summed E-state index contributed by atoms with van der Waals surface area (Å²) < 4.78 is 0. The number of rotatable bonds is 27. The van der Waals surface area contributed by atoms with Gasteiger partial charge in [0, 0.05) is 6.21 Å². The van der Waals surface area contributed by atoms with Crippen molar-refractivity contribution in [3.05, 3.63) is 58.7 Å². The number of nitrogens with zero attached hydrogens (tertiary/aromatic N) is 2. The van der Waals surface area contributed by atoms with Crippen molar-refractivity contribution in [3.8, 4) is 0 Å². The van der Waals surface area contributed by atoms with E-state index in [0.717, 1.165) is 49.2 Å². The average Bonchev–Trinajstić information content (AvgIpc) is 3.07. The lowest BCUT2D eigenvalue weighted by molar-refractivity contribution is 0.524. The molecule has 0 amide bonds. The lowest BCUT2D eigenvalue weighted by atomic mass is 10.0. The van der Waals surface area contributed by atoms with Crippen LogP contribution in [0.1, 0.15) is 185 Å². The lowest BCUT2D eigenvalue weighted by Crippen LogP contribution is -2.00. The van der Waals surface area contributed by atoms with Gasteiger partial charge >= 0.3 is 0 Å². The van der Waals surface area contributed by atoms with E-state index in [-0.39, 0.29) is 0 Å². The fourth-order valence-electron chi connectivity index (χ4n) is 6.29. The number of aryl methyl sites for hydroxylation is 4. The first-order chi connectivity index (χ1) is 22.1. The molecule has 2 aromatic carbocycles. The Kier molecular flexibility index (Phi) is 22.4. The van der Waals surface area contributed by atoms with Crippen LogP contribution in [0.2, 0.25) is 0 Å². The fourth-order valence-corrected chi connectivity index (χ4v) is 6.29. The van der Waals surface area contributed by atoms with Gasteiger partial charge in [-0.3, -0.25) is 9.98 Å². The van der Waals surface area contributed by atoms with Crippen molar-refractivity contribution < 1.29 is 0 Å². The Morgan fingerprint density at radius 3 is 1.11 bits per heavy atom. The number of aliphatic imine (C=N–C) groups is 2. The summed E-state index contributed by atoms with van der Waals surface area (Å²) in [6.07, 6.45) is 34.0. The summed E-state index contributed by atoms with van der Waals surface area (Å²) >= 11 is 0. The summed E-state index contributed by atoms with van der Waals surface area (Å²) in [6.45, 7) is 11.2. The summed E-state index contributed by atoms with van der Waals surface area (Å²) in [6, 6.07) is 13.6. The number of unbranched alkanes of at least 4 members (excludes halogenated alkanes) is 18. The van der Waals surface area contributed by atoms with Crippen LogP contribution in [0.15, 0.2) is 46.4 Å². The second-order valence-corrected chi connectivity index (χ2v) is 13.4. The normalized spacial score (nSPS) is 12.1. The average molecular weight is 615 g/mol. The molecule has 2 rings (SSSR count).